The minimum atomic E-state index is -0.185. The highest BCUT2D eigenvalue weighted by Gasteiger charge is 2.48. The van der Waals surface area contributed by atoms with Crippen molar-refractivity contribution in [1.82, 2.24) is 9.80 Å². The van der Waals surface area contributed by atoms with Crippen LogP contribution < -0.4 is 5.73 Å². The molecule has 1 aliphatic carbocycles. The van der Waals surface area contributed by atoms with Crippen LogP contribution in [0.2, 0.25) is 0 Å². The van der Waals surface area contributed by atoms with Crippen LogP contribution in [0, 0.1) is 11.8 Å². The van der Waals surface area contributed by atoms with Crippen molar-refractivity contribution in [3.63, 3.8) is 0 Å². The number of carbonyl (C=O) groups excluding carboxylic acids is 3. The van der Waals surface area contributed by atoms with E-state index in [0.29, 0.717) is 26.2 Å². The predicted molar refractivity (Wildman–Crippen MR) is 91.4 cm³/mol. The van der Waals surface area contributed by atoms with Crippen LogP contribution in [0.5, 0.6) is 0 Å². The van der Waals surface area contributed by atoms with Crippen LogP contribution in [0.3, 0.4) is 0 Å². The average Bonchev–Trinajstić information content (AvgIpc) is 2.88. The Labute approximate surface area is 148 Å². The largest absolute Gasteiger partial charge is 0.378 e. The Kier molecular flexibility index (Phi) is 6.06. The van der Waals surface area contributed by atoms with Crippen molar-refractivity contribution in [2.45, 2.75) is 51.0 Å². The first-order chi connectivity index (χ1) is 12.1. The van der Waals surface area contributed by atoms with E-state index in [2.05, 4.69) is 0 Å². The summed E-state index contributed by atoms with van der Waals surface area (Å²) in [5.74, 6) is -0.765. The fraction of sp³-hybridized carbons (Fsp3) is 0.833. The maximum absolute atomic E-state index is 12.5. The Morgan fingerprint density at radius 1 is 1.04 bits per heavy atom. The summed E-state index contributed by atoms with van der Waals surface area (Å²) < 4.78 is 5.75. The molecule has 0 aromatic carbocycles. The van der Waals surface area contributed by atoms with E-state index in [9.17, 15) is 14.4 Å². The number of hydrogen-bond donors (Lipinski definition) is 1. The van der Waals surface area contributed by atoms with E-state index in [4.69, 9.17) is 10.5 Å². The summed E-state index contributed by atoms with van der Waals surface area (Å²) in [4.78, 5) is 40.5. The molecule has 2 unspecified atom stereocenters. The SMILES string of the molecule is NCCCOC1CCN(C(=O)CN2C(=O)C3CCCCC3C2=O)CC1. The van der Waals surface area contributed by atoms with Crippen molar-refractivity contribution < 1.29 is 19.1 Å². The van der Waals surface area contributed by atoms with Crippen LogP contribution in [0.4, 0.5) is 0 Å². The molecule has 0 bridgehead atoms. The van der Waals surface area contributed by atoms with Crippen LogP contribution in [0.1, 0.15) is 44.9 Å². The standard InChI is InChI=1S/C18H29N3O4/c19-8-3-11-25-13-6-9-20(10-7-13)16(22)12-21-17(23)14-4-1-2-5-15(14)18(21)24/h13-15H,1-12,19H2. The van der Waals surface area contributed by atoms with Crippen LogP contribution in [-0.2, 0) is 19.1 Å². The van der Waals surface area contributed by atoms with Crippen molar-refractivity contribution in [2.24, 2.45) is 17.6 Å². The summed E-state index contributed by atoms with van der Waals surface area (Å²) in [5, 5.41) is 0. The first kappa shape index (κ1) is 18.3. The molecule has 0 aromatic rings. The summed E-state index contributed by atoms with van der Waals surface area (Å²) in [6, 6.07) is 0. The summed E-state index contributed by atoms with van der Waals surface area (Å²) in [6.07, 6.45) is 6.18. The van der Waals surface area contributed by atoms with Crippen LogP contribution in [0.25, 0.3) is 0 Å². The minimum Gasteiger partial charge on any atom is -0.378 e. The van der Waals surface area contributed by atoms with Gasteiger partial charge in [-0.1, -0.05) is 12.8 Å². The fourth-order valence-corrected chi connectivity index (χ4v) is 4.23. The van der Waals surface area contributed by atoms with Crippen LogP contribution in [0.15, 0.2) is 0 Å². The molecule has 0 aromatic heterocycles. The third-order valence-corrected chi connectivity index (χ3v) is 5.72. The van der Waals surface area contributed by atoms with Gasteiger partial charge in [0.2, 0.25) is 17.7 Å². The first-order valence-electron chi connectivity index (χ1n) is 9.56. The Hall–Kier alpha value is -1.47. The van der Waals surface area contributed by atoms with Gasteiger partial charge < -0.3 is 15.4 Å². The number of fused-ring (bicyclic) bond motifs is 1. The minimum absolute atomic E-state index is 0.0939. The summed E-state index contributed by atoms with van der Waals surface area (Å²) >= 11 is 0. The Morgan fingerprint density at radius 2 is 1.64 bits per heavy atom. The van der Waals surface area contributed by atoms with Gasteiger partial charge in [0, 0.05) is 19.7 Å². The van der Waals surface area contributed by atoms with Gasteiger partial charge in [0.05, 0.1) is 17.9 Å². The van der Waals surface area contributed by atoms with Crippen molar-refractivity contribution in [3.8, 4) is 0 Å². The molecular weight excluding hydrogens is 322 g/mol. The zero-order chi connectivity index (χ0) is 17.8. The van der Waals surface area contributed by atoms with E-state index < -0.39 is 0 Å². The van der Waals surface area contributed by atoms with E-state index in [-0.39, 0.29) is 42.2 Å². The number of amides is 3. The lowest BCUT2D eigenvalue weighted by Crippen LogP contribution is -2.47. The van der Waals surface area contributed by atoms with Crippen LogP contribution >= 0.6 is 0 Å². The van der Waals surface area contributed by atoms with E-state index in [1.54, 1.807) is 4.90 Å². The molecule has 3 aliphatic rings. The molecule has 2 atom stereocenters. The molecule has 2 saturated heterocycles. The average molecular weight is 351 g/mol. The zero-order valence-corrected chi connectivity index (χ0v) is 14.8. The zero-order valence-electron chi connectivity index (χ0n) is 14.8. The number of rotatable bonds is 6. The number of likely N-dealkylation sites (tertiary alicyclic amines) is 2. The molecule has 3 amide bonds. The smallest absolute Gasteiger partial charge is 0.242 e. The topological polar surface area (TPSA) is 92.9 Å². The lowest BCUT2D eigenvalue weighted by atomic mass is 9.81. The molecular formula is C18H29N3O4. The van der Waals surface area contributed by atoms with Gasteiger partial charge in [0.1, 0.15) is 6.54 Å². The van der Waals surface area contributed by atoms with Gasteiger partial charge in [0.25, 0.3) is 0 Å². The number of nitrogens with zero attached hydrogens (tertiary/aromatic N) is 2. The second-order valence-corrected chi connectivity index (χ2v) is 7.35. The summed E-state index contributed by atoms with van der Waals surface area (Å²) in [5.41, 5.74) is 5.46. The predicted octanol–water partition coefficient (Wildman–Crippen LogP) is 0.518. The Morgan fingerprint density at radius 3 is 2.20 bits per heavy atom. The highest BCUT2D eigenvalue weighted by molar-refractivity contribution is 6.07. The van der Waals surface area contributed by atoms with E-state index >= 15 is 0 Å². The summed E-state index contributed by atoms with van der Waals surface area (Å²) in [7, 11) is 0. The molecule has 7 nitrogen and oxygen atoms in total. The number of nitrogens with two attached hydrogens (primary N) is 1. The molecule has 1 saturated carbocycles. The lowest BCUT2D eigenvalue weighted by molar-refractivity contribution is -0.147. The van der Waals surface area contributed by atoms with Crippen LogP contribution in [-0.4, -0.2) is 66.4 Å². The number of carbonyl (C=O) groups is 3. The second-order valence-electron chi connectivity index (χ2n) is 7.35. The van der Waals surface area contributed by atoms with Crippen molar-refractivity contribution in [1.29, 1.82) is 0 Å². The molecule has 0 spiro atoms. The molecule has 3 rings (SSSR count). The van der Waals surface area contributed by atoms with Gasteiger partial charge in [-0.15, -0.1) is 0 Å². The maximum Gasteiger partial charge on any atom is 0.242 e. The molecule has 25 heavy (non-hydrogen) atoms. The number of ether oxygens (including phenoxy) is 1. The van der Waals surface area contributed by atoms with E-state index in [1.165, 1.54) is 4.90 Å². The number of imide groups is 1. The van der Waals surface area contributed by atoms with E-state index in [1.807, 2.05) is 0 Å². The van der Waals surface area contributed by atoms with Crippen molar-refractivity contribution in [2.75, 3.05) is 32.8 Å². The van der Waals surface area contributed by atoms with Crippen molar-refractivity contribution >= 4 is 17.7 Å². The Balaban J connectivity index is 1.48. The van der Waals surface area contributed by atoms with Gasteiger partial charge >= 0.3 is 0 Å². The number of hydrogen-bond acceptors (Lipinski definition) is 5. The third-order valence-electron chi connectivity index (χ3n) is 5.72. The highest BCUT2D eigenvalue weighted by atomic mass is 16.5. The molecule has 3 fully saturated rings. The van der Waals surface area contributed by atoms with Crippen molar-refractivity contribution in [3.05, 3.63) is 0 Å². The molecule has 140 valence electrons. The lowest BCUT2D eigenvalue weighted by Gasteiger charge is -2.32. The van der Waals surface area contributed by atoms with Gasteiger partial charge in [-0.3, -0.25) is 19.3 Å². The quantitative estimate of drug-likeness (QED) is 0.556. The second kappa shape index (κ2) is 8.27. The Bertz CT molecular complexity index is 492. The normalized spacial score (nSPS) is 27.7. The molecule has 7 heteroatoms. The van der Waals surface area contributed by atoms with Gasteiger partial charge in [-0.2, -0.15) is 0 Å². The first-order valence-corrected chi connectivity index (χ1v) is 9.56. The van der Waals surface area contributed by atoms with E-state index in [0.717, 1.165) is 44.9 Å². The third kappa shape index (κ3) is 4.03. The molecule has 2 N–H and O–H groups in total. The summed E-state index contributed by atoms with van der Waals surface area (Å²) in [6.45, 7) is 2.43. The monoisotopic (exact) mass is 351 g/mol. The molecule has 2 heterocycles. The highest BCUT2D eigenvalue weighted by Crippen LogP contribution is 2.37. The van der Waals surface area contributed by atoms with Gasteiger partial charge in [-0.05, 0) is 38.6 Å². The molecule has 0 radical (unpaired) electrons. The molecule has 2 aliphatic heterocycles. The maximum atomic E-state index is 12.5. The van der Waals surface area contributed by atoms with Gasteiger partial charge in [0.15, 0.2) is 0 Å². The number of piperidine rings is 1. The van der Waals surface area contributed by atoms with Gasteiger partial charge in [-0.25, -0.2) is 0 Å². The fourth-order valence-electron chi connectivity index (χ4n) is 4.23.